The fourth-order valence-corrected chi connectivity index (χ4v) is 4.37. The van der Waals surface area contributed by atoms with Crippen molar-refractivity contribution in [1.82, 2.24) is 14.1 Å². The van der Waals surface area contributed by atoms with Crippen LogP contribution in [0.5, 0.6) is 5.75 Å². The highest BCUT2D eigenvalue weighted by atomic mass is 35.5. The molecule has 1 aliphatic heterocycles. The van der Waals surface area contributed by atoms with Crippen LogP contribution in [-0.2, 0) is 11.3 Å². The van der Waals surface area contributed by atoms with Gasteiger partial charge in [0, 0.05) is 55.2 Å². The zero-order chi connectivity index (χ0) is 27.9. The molecule has 3 aromatic heterocycles. The monoisotopic (exact) mass is 556 g/mol. The van der Waals surface area contributed by atoms with Crippen LogP contribution in [0.25, 0.3) is 6.20 Å². The lowest BCUT2D eigenvalue weighted by Gasteiger charge is -2.22. The molecule has 0 atom stereocenters. The fraction of sp³-hybridized carbons (Fsp3) is 0.286. The summed E-state index contributed by atoms with van der Waals surface area (Å²) in [5.41, 5.74) is 0.227. The normalized spacial score (nSPS) is 14.9. The van der Waals surface area contributed by atoms with Crippen molar-refractivity contribution in [3.05, 3.63) is 109 Å². The van der Waals surface area contributed by atoms with Gasteiger partial charge in [-0.25, -0.2) is 13.8 Å². The second-order valence-electron chi connectivity index (χ2n) is 8.82. The minimum absolute atomic E-state index is 0.0255. The summed E-state index contributed by atoms with van der Waals surface area (Å²) in [4.78, 5) is 34.5. The number of halogens is 3. The van der Waals surface area contributed by atoms with Gasteiger partial charge < -0.3 is 9.47 Å². The lowest BCUT2D eigenvalue weighted by molar-refractivity contribution is 0.0850. The molecule has 0 aromatic carbocycles. The molecule has 4 heterocycles. The Labute approximate surface area is 228 Å². The van der Waals surface area contributed by atoms with E-state index in [1.165, 1.54) is 27.5 Å². The fourth-order valence-electron chi connectivity index (χ4n) is 4.17. The molecule has 0 amide bonds. The first-order chi connectivity index (χ1) is 18.8. The molecule has 11 heteroatoms. The summed E-state index contributed by atoms with van der Waals surface area (Å²) in [6.07, 6.45) is 10.3. The molecular weight excluding hydrogens is 530 g/mol. The van der Waals surface area contributed by atoms with Gasteiger partial charge in [0.1, 0.15) is 34.7 Å². The van der Waals surface area contributed by atoms with E-state index in [0.29, 0.717) is 36.4 Å². The largest absolute Gasteiger partial charge is 0.485 e. The van der Waals surface area contributed by atoms with Crippen molar-refractivity contribution in [2.24, 2.45) is 4.99 Å². The van der Waals surface area contributed by atoms with Gasteiger partial charge in [-0.05, 0) is 44.7 Å². The Kier molecular flexibility index (Phi) is 9.21. The maximum atomic E-state index is 13.9. The molecular formula is C28H27ClF2N4O4. The molecule has 0 unspecified atom stereocenters. The standard InChI is InChI=1S/C28H27ClF2N4O4/c1-3-9-32-25(35-10-4-5-21(27(35)36)19-7-12-38-13-8-19)6-11-34-18(2)14-24(26(29)28(34)37)39-17-23-22(31)15-20(30)16-33-23/h3-6,9-11,14-16,19H,7-8,12-13,17H2,1-2H3/b9-3+,11-6+,32-25+. The van der Waals surface area contributed by atoms with Crippen molar-refractivity contribution < 1.29 is 18.3 Å². The highest BCUT2D eigenvalue weighted by molar-refractivity contribution is 6.31. The topological polar surface area (TPSA) is 87.7 Å². The van der Waals surface area contributed by atoms with Crippen molar-refractivity contribution in [2.75, 3.05) is 13.2 Å². The van der Waals surface area contributed by atoms with E-state index in [-0.39, 0.29) is 34.6 Å². The van der Waals surface area contributed by atoms with Gasteiger partial charge >= 0.3 is 0 Å². The molecule has 39 heavy (non-hydrogen) atoms. The number of aliphatic imine (C=N–C) groups is 1. The Morgan fingerprint density at radius 3 is 2.74 bits per heavy atom. The summed E-state index contributed by atoms with van der Waals surface area (Å²) in [6.45, 7) is 4.32. The van der Waals surface area contributed by atoms with Crippen molar-refractivity contribution in [1.29, 1.82) is 0 Å². The van der Waals surface area contributed by atoms with Gasteiger partial charge in [0.25, 0.3) is 11.1 Å². The SMILES string of the molecule is C/C=C/N=C(\C=C\n1c(C)cc(OCc2ncc(F)cc2F)c(Cl)c1=O)n1cccc(C2CCOCC2)c1=O. The molecule has 1 fully saturated rings. The number of pyridine rings is 3. The highest BCUT2D eigenvalue weighted by Crippen LogP contribution is 2.25. The summed E-state index contributed by atoms with van der Waals surface area (Å²) < 4.78 is 40.7. The lowest BCUT2D eigenvalue weighted by Crippen LogP contribution is -2.31. The summed E-state index contributed by atoms with van der Waals surface area (Å²) in [5.74, 6) is -1.26. The van der Waals surface area contributed by atoms with Crippen molar-refractivity contribution in [2.45, 2.75) is 39.2 Å². The first-order valence-electron chi connectivity index (χ1n) is 12.3. The van der Waals surface area contributed by atoms with E-state index in [1.807, 2.05) is 6.07 Å². The molecule has 1 saturated heterocycles. The van der Waals surface area contributed by atoms with Crippen LogP contribution in [0.3, 0.4) is 0 Å². The van der Waals surface area contributed by atoms with Crippen LogP contribution in [-0.4, -0.2) is 33.2 Å². The van der Waals surface area contributed by atoms with E-state index >= 15 is 0 Å². The first kappa shape index (κ1) is 28.1. The van der Waals surface area contributed by atoms with Crippen LogP contribution >= 0.6 is 11.6 Å². The number of ether oxygens (including phenoxy) is 2. The number of aryl methyl sites for hydroxylation is 1. The predicted octanol–water partition coefficient (Wildman–Crippen LogP) is 5.07. The maximum absolute atomic E-state index is 13.9. The van der Waals surface area contributed by atoms with E-state index in [9.17, 15) is 18.4 Å². The van der Waals surface area contributed by atoms with Gasteiger partial charge in [-0.2, -0.15) is 0 Å². The Morgan fingerprint density at radius 2 is 2.03 bits per heavy atom. The summed E-state index contributed by atoms with van der Waals surface area (Å²) in [7, 11) is 0. The van der Waals surface area contributed by atoms with Gasteiger partial charge in [0.2, 0.25) is 0 Å². The summed E-state index contributed by atoms with van der Waals surface area (Å²) in [6, 6.07) is 5.83. The van der Waals surface area contributed by atoms with Crippen LogP contribution in [0.2, 0.25) is 5.02 Å². The molecule has 0 saturated carbocycles. The van der Waals surface area contributed by atoms with E-state index in [0.717, 1.165) is 19.0 Å². The summed E-state index contributed by atoms with van der Waals surface area (Å²) >= 11 is 6.28. The highest BCUT2D eigenvalue weighted by Gasteiger charge is 2.20. The Morgan fingerprint density at radius 1 is 1.26 bits per heavy atom. The number of hydrogen-bond acceptors (Lipinski definition) is 6. The molecule has 204 valence electrons. The first-order valence-corrected chi connectivity index (χ1v) is 12.7. The quantitative estimate of drug-likeness (QED) is 0.299. The molecule has 4 rings (SSSR count). The number of allylic oxidation sites excluding steroid dienone is 2. The predicted molar refractivity (Wildman–Crippen MR) is 145 cm³/mol. The summed E-state index contributed by atoms with van der Waals surface area (Å²) in [5, 5.41) is -0.238. The van der Waals surface area contributed by atoms with Crippen LogP contribution in [0, 0.1) is 18.6 Å². The molecule has 0 radical (unpaired) electrons. The molecule has 0 N–H and O–H groups in total. The zero-order valence-electron chi connectivity index (χ0n) is 21.4. The van der Waals surface area contributed by atoms with E-state index < -0.39 is 17.2 Å². The lowest BCUT2D eigenvalue weighted by atomic mass is 9.93. The second-order valence-corrected chi connectivity index (χ2v) is 9.20. The average Bonchev–Trinajstić information content (AvgIpc) is 2.93. The number of aromatic nitrogens is 3. The van der Waals surface area contributed by atoms with Crippen molar-refractivity contribution >= 4 is 23.6 Å². The Bertz CT molecular complexity index is 1560. The Hall–Kier alpha value is -3.89. The van der Waals surface area contributed by atoms with Gasteiger partial charge in [-0.15, -0.1) is 0 Å². The number of nitrogens with zero attached hydrogens (tertiary/aromatic N) is 4. The third-order valence-electron chi connectivity index (χ3n) is 6.20. The van der Waals surface area contributed by atoms with Gasteiger partial charge in [0.15, 0.2) is 5.82 Å². The van der Waals surface area contributed by atoms with Gasteiger partial charge in [-0.3, -0.25) is 23.7 Å². The van der Waals surface area contributed by atoms with Crippen LogP contribution in [0.1, 0.15) is 42.6 Å². The molecule has 0 spiro atoms. The molecule has 1 aliphatic rings. The second kappa shape index (κ2) is 12.8. The molecule has 3 aromatic rings. The zero-order valence-corrected chi connectivity index (χ0v) is 22.2. The van der Waals surface area contributed by atoms with Crippen molar-refractivity contribution in [3.63, 3.8) is 0 Å². The van der Waals surface area contributed by atoms with Crippen molar-refractivity contribution in [3.8, 4) is 5.75 Å². The van der Waals surface area contributed by atoms with Crippen LogP contribution in [0.4, 0.5) is 8.78 Å². The smallest absolute Gasteiger partial charge is 0.277 e. The average molecular weight is 557 g/mol. The van der Waals surface area contributed by atoms with Gasteiger partial charge in [0.05, 0.1) is 6.20 Å². The van der Waals surface area contributed by atoms with E-state index in [4.69, 9.17) is 21.1 Å². The van der Waals surface area contributed by atoms with E-state index in [1.54, 1.807) is 38.4 Å². The minimum Gasteiger partial charge on any atom is -0.485 e. The molecule has 8 nitrogen and oxygen atoms in total. The molecule has 0 bridgehead atoms. The van der Waals surface area contributed by atoms with Crippen LogP contribution in [0.15, 0.2) is 69.6 Å². The third kappa shape index (κ3) is 6.58. The van der Waals surface area contributed by atoms with Crippen LogP contribution < -0.4 is 15.9 Å². The number of rotatable bonds is 7. The maximum Gasteiger partial charge on any atom is 0.277 e. The van der Waals surface area contributed by atoms with E-state index in [2.05, 4.69) is 9.98 Å². The number of hydrogen-bond donors (Lipinski definition) is 0. The van der Waals surface area contributed by atoms with Gasteiger partial charge in [-0.1, -0.05) is 23.7 Å². The molecule has 0 aliphatic carbocycles. The Balaban J connectivity index is 1.63. The third-order valence-corrected chi connectivity index (χ3v) is 6.55. The minimum atomic E-state index is -0.872.